The van der Waals surface area contributed by atoms with E-state index >= 15 is 0 Å². The molecule has 0 radical (unpaired) electrons. The Morgan fingerprint density at radius 1 is 1.00 bits per heavy atom. The summed E-state index contributed by atoms with van der Waals surface area (Å²) in [5, 5.41) is 2.91. The molecule has 0 atom stereocenters. The number of benzene rings is 2. The molecule has 2 rings (SSSR count). The van der Waals surface area contributed by atoms with Gasteiger partial charge >= 0.3 is 0 Å². The molecule has 0 aliphatic carbocycles. The van der Waals surface area contributed by atoms with Gasteiger partial charge in [0, 0.05) is 12.1 Å². The van der Waals surface area contributed by atoms with E-state index in [1.807, 2.05) is 49.4 Å². The second-order valence-corrected chi connectivity index (χ2v) is 4.25. The first kappa shape index (κ1) is 12.4. The van der Waals surface area contributed by atoms with Gasteiger partial charge in [0.15, 0.2) is 0 Å². The van der Waals surface area contributed by atoms with Crippen LogP contribution < -0.4 is 5.32 Å². The van der Waals surface area contributed by atoms with Crippen molar-refractivity contribution in [2.45, 2.75) is 19.8 Å². The monoisotopic (exact) mass is 239 g/mol. The van der Waals surface area contributed by atoms with Crippen LogP contribution in [-0.2, 0) is 4.79 Å². The molecule has 0 saturated carbocycles. The average molecular weight is 239 g/mol. The van der Waals surface area contributed by atoms with Crippen LogP contribution in [0.2, 0.25) is 0 Å². The normalized spacial score (nSPS) is 10.1. The van der Waals surface area contributed by atoms with Crippen molar-refractivity contribution in [3.05, 3.63) is 54.6 Å². The summed E-state index contributed by atoms with van der Waals surface area (Å²) in [6, 6.07) is 18.1. The molecule has 2 aromatic rings. The molecule has 1 amide bonds. The molecule has 0 bridgehead atoms. The molecular weight excluding hydrogens is 222 g/mol. The number of hydrogen-bond donors (Lipinski definition) is 1. The van der Waals surface area contributed by atoms with Gasteiger partial charge in [0.1, 0.15) is 0 Å². The van der Waals surface area contributed by atoms with Gasteiger partial charge in [0.2, 0.25) is 5.91 Å². The molecule has 2 nitrogen and oxygen atoms in total. The molecule has 0 saturated heterocycles. The molecule has 2 aromatic carbocycles. The third kappa shape index (κ3) is 3.20. The number of carbonyl (C=O) groups excluding carboxylic acids is 1. The molecule has 2 heteroatoms. The van der Waals surface area contributed by atoms with Crippen LogP contribution in [0, 0.1) is 0 Å². The maximum Gasteiger partial charge on any atom is 0.224 e. The smallest absolute Gasteiger partial charge is 0.224 e. The molecule has 0 fully saturated rings. The minimum Gasteiger partial charge on any atom is -0.326 e. The van der Waals surface area contributed by atoms with Crippen molar-refractivity contribution in [2.75, 3.05) is 5.32 Å². The SMILES string of the molecule is CCCC(=O)Nc1cccc(-c2ccccc2)c1. The lowest BCUT2D eigenvalue weighted by Crippen LogP contribution is -2.10. The van der Waals surface area contributed by atoms with E-state index in [-0.39, 0.29) is 5.91 Å². The molecule has 0 aromatic heterocycles. The molecule has 0 heterocycles. The summed E-state index contributed by atoms with van der Waals surface area (Å²) in [6.45, 7) is 2.00. The number of anilines is 1. The first-order chi connectivity index (χ1) is 8.79. The Morgan fingerprint density at radius 3 is 2.44 bits per heavy atom. The third-order valence-corrected chi connectivity index (χ3v) is 2.73. The van der Waals surface area contributed by atoms with Crippen LogP contribution in [-0.4, -0.2) is 5.91 Å². The summed E-state index contributed by atoms with van der Waals surface area (Å²) in [6.07, 6.45) is 1.43. The predicted molar refractivity (Wildman–Crippen MR) is 75.4 cm³/mol. The van der Waals surface area contributed by atoms with Crippen LogP contribution in [0.15, 0.2) is 54.6 Å². The first-order valence-corrected chi connectivity index (χ1v) is 6.25. The molecule has 0 aliphatic heterocycles. The maximum atomic E-state index is 11.5. The molecule has 92 valence electrons. The van der Waals surface area contributed by atoms with Crippen LogP contribution in [0.5, 0.6) is 0 Å². The standard InChI is InChI=1S/C16H17NO/c1-2-7-16(18)17-15-11-6-10-14(12-15)13-8-4-3-5-9-13/h3-6,8-12H,2,7H2,1H3,(H,17,18). The van der Waals surface area contributed by atoms with Crippen molar-refractivity contribution in [1.82, 2.24) is 0 Å². The highest BCUT2D eigenvalue weighted by Crippen LogP contribution is 2.22. The van der Waals surface area contributed by atoms with Gasteiger partial charge in [-0.15, -0.1) is 0 Å². The van der Waals surface area contributed by atoms with Gasteiger partial charge in [-0.1, -0.05) is 49.4 Å². The molecule has 0 spiro atoms. The van der Waals surface area contributed by atoms with Crippen LogP contribution in [0.25, 0.3) is 11.1 Å². The molecular formula is C16H17NO. The second kappa shape index (κ2) is 6.01. The molecule has 18 heavy (non-hydrogen) atoms. The second-order valence-electron chi connectivity index (χ2n) is 4.25. The third-order valence-electron chi connectivity index (χ3n) is 2.73. The largest absolute Gasteiger partial charge is 0.326 e. The summed E-state index contributed by atoms with van der Waals surface area (Å²) < 4.78 is 0. The van der Waals surface area contributed by atoms with E-state index in [1.54, 1.807) is 0 Å². The highest BCUT2D eigenvalue weighted by Gasteiger charge is 2.02. The van der Waals surface area contributed by atoms with E-state index in [9.17, 15) is 4.79 Å². The van der Waals surface area contributed by atoms with E-state index in [0.29, 0.717) is 6.42 Å². The van der Waals surface area contributed by atoms with Gasteiger partial charge in [-0.05, 0) is 29.7 Å². The first-order valence-electron chi connectivity index (χ1n) is 6.25. The Hall–Kier alpha value is -2.09. The Morgan fingerprint density at radius 2 is 1.72 bits per heavy atom. The number of carbonyl (C=O) groups is 1. The quantitative estimate of drug-likeness (QED) is 0.855. The number of hydrogen-bond acceptors (Lipinski definition) is 1. The number of amides is 1. The lowest BCUT2D eigenvalue weighted by molar-refractivity contribution is -0.116. The average Bonchev–Trinajstić information content (AvgIpc) is 2.40. The van der Waals surface area contributed by atoms with Crippen molar-refractivity contribution < 1.29 is 4.79 Å². The molecule has 1 N–H and O–H groups in total. The van der Waals surface area contributed by atoms with E-state index in [1.165, 1.54) is 0 Å². The summed E-state index contributed by atoms with van der Waals surface area (Å²) in [5.41, 5.74) is 3.13. The minimum absolute atomic E-state index is 0.0720. The lowest BCUT2D eigenvalue weighted by atomic mass is 10.1. The minimum atomic E-state index is 0.0720. The zero-order valence-electron chi connectivity index (χ0n) is 10.5. The topological polar surface area (TPSA) is 29.1 Å². The van der Waals surface area contributed by atoms with E-state index in [0.717, 1.165) is 23.2 Å². The summed E-state index contributed by atoms with van der Waals surface area (Å²) in [4.78, 5) is 11.5. The zero-order valence-corrected chi connectivity index (χ0v) is 10.5. The lowest BCUT2D eigenvalue weighted by Gasteiger charge is -2.07. The van der Waals surface area contributed by atoms with Gasteiger partial charge in [-0.25, -0.2) is 0 Å². The van der Waals surface area contributed by atoms with Gasteiger partial charge in [0.25, 0.3) is 0 Å². The Balaban J connectivity index is 2.18. The summed E-state index contributed by atoms with van der Waals surface area (Å²) >= 11 is 0. The van der Waals surface area contributed by atoms with Crippen molar-refractivity contribution in [3.8, 4) is 11.1 Å². The highest BCUT2D eigenvalue weighted by atomic mass is 16.1. The highest BCUT2D eigenvalue weighted by molar-refractivity contribution is 5.91. The molecule has 0 aliphatic rings. The van der Waals surface area contributed by atoms with Crippen molar-refractivity contribution in [2.24, 2.45) is 0 Å². The van der Waals surface area contributed by atoms with Crippen molar-refractivity contribution >= 4 is 11.6 Å². The number of nitrogens with one attached hydrogen (secondary N) is 1. The van der Waals surface area contributed by atoms with Gasteiger partial charge in [-0.2, -0.15) is 0 Å². The van der Waals surface area contributed by atoms with E-state index < -0.39 is 0 Å². The Bertz CT molecular complexity index is 520. The van der Waals surface area contributed by atoms with Gasteiger partial charge in [-0.3, -0.25) is 4.79 Å². The van der Waals surface area contributed by atoms with Crippen molar-refractivity contribution in [1.29, 1.82) is 0 Å². The molecule has 0 unspecified atom stereocenters. The fourth-order valence-electron chi connectivity index (χ4n) is 1.86. The van der Waals surface area contributed by atoms with Crippen LogP contribution in [0.4, 0.5) is 5.69 Å². The Kier molecular flexibility index (Phi) is 4.13. The summed E-state index contributed by atoms with van der Waals surface area (Å²) in [7, 11) is 0. The fraction of sp³-hybridized carbons (Fsp3) is 0.188. The van der Waals surface area contributed by atoms with E-state index in [2.05, 4.69) is 17.4 Å². The van der Waals surface area contributed by atoms with Crippen LogP contribution in [0.1, 0.15) is 19.8 Å². The number of rotatable bonds is 4. The maximum absolute atomic E-state index is 11.5. The summed E-state index contributed by atoms with van der Waals surface area (Å²) in [5.74, 6) is 0.0720. The van der Waals surface area contributed by atoms with Crippen LogP contribution in [0.3, 0.4) is 0 Å². The van der Waals surface area contributed by atoms with Crippen LogP contribution >= 0.6 is 0 Å². The fourth-order valence-corrected chi connectivity index (χ4v) is 1.86. The van der Waals surface area contributed by atoms with E-state index in [4.69, 9.17) is 0 Å². The Labute approximate surface area is 108 Å². The van der Waals surface area contributed by atoms with Crippen molar-refractivity contribution in [3.63, 3.8) is 0 Å². The van der Waals surface area contributed by atoms with Gasteiger partial charge in [0.05, 0.1) is 0 Å². The van der Waals surface area contributed by atoms with Gasteiger partial charge < -0.3 is 5.32 Å². The predicted octanol–water partition coefficient (Wildman–Crippen LogP) is 4.09. The zero-order chi connectivity index (χ0) is 12.8.